The quantitative estimate of drug-likeness (QED) is 0.725. The molecule has 0 saturated heterocycles. The number of halogens is 2. The van der Waals surface area contributed by atoms with Crippen LogP contribution >= 0.6 is 34.5 Å². The smallest absolute Gasteiger partial charge is 0.262 e. The molecule has 0 radical (unpaired) electrons. The van der Waals surface area contributed by atoms with E-state index in [0.29, 0.717) is 30.7 Å². The Hall–Kier alpha value is -1.89. The molecule has 1 unspecified atom stereocenters. The molecule has 1 aromatic carbocycles. The lowest BCUT2D eigenvalue weighted by Gasteiger charge is -2.14. The van der Waals surface area contributed by atoms with Gasteiger partial charge in [-0.3, -0.25) is 9.59 Å². The molecular formula is C17H15Cl2N3O2S. The van der Waals surface area contributed by atoms with Crippen LogP contribution in [-0.4, -0.2) is 15.5 Å². The van der Waals surface area contributed by atoms with Crippen LogP contribution in [0.1, 0.15) is 33.8 Å². The lowest BCUT2D eigenvalue weighted by Crippen LogP contribution is -2.26. The van der Waals surface area contributed by atoms with Gasteiger partial charge in [-0.2, -0.15) is 0 Å². The maximum Gasteiger partial charge on any atom is 0.262 e. The van der Waals surface area contributed by atoms with Crippen molar-refractivity contribution in [3.63, 3.8) is 0 Å². The lowest BCUT2D eigenvalue weighted by atomic mass is 10.1. The summed E-state index contributed by atoms with van der Waals surface area (Å²) in [5, 5.41) is 4.32. The number of thiophene rings is 1. The van der Waals surface area contributed by atoms with Gasteiger partial charge in [0.2, 0.25) is 0 Å². The molecule has 1 amide bonds. The number of benzene rings is 1. The Labute approximate surface area is 158 Å². The number of nitrogens with zero attached hydrogens (tertiary/aromatic N) is 2. The number of fused-ring (bicyclic) bond motifs is 1. The van der Waals surface area contributed by atoms with Crippen molar-refractivity contribution in [2.45, 2.75) is 19.9 Å². The summed E-state index contributed by atoms with van der Waals surface area (Å²) in [5.74, 6) is -0.249. The van der Waals surface area contributed by atoms with Gasteiger partial charge >= 0.3 is 0 Å². The monoisotopic (exact) mass is 395 g/mol. The van der Waals surface area contributed by atoms with Gasteiger partial charge in [0.15, 0.2) is 0 Å². The minimum absolute atomic E-state index is 0.157. The maximum atomic E-state index is 12.7. The van der Waals surface area contributed by atoms with Gasteiger partial charge in [0, 0.05) is 7.05 Å². The molecule has 5 nitrogen and oxygen atoms in total. The summed E-state index contributed by atoms with van der Waals surface area (Å²) in [6.45, 7) is 3.62. The Morgan fingerprint density at radius 2 is 2.04 bits per heavy atom. The van der Waals surface area contributed by atoms with Crippen LogP contribution in [0.15, 0.2) is 29.3 Å². The second kappa shape index (κ2) is 6.78. The van der Waals surface area contributed by atoms with Crippen LogP contribution < -0.4 is 10.9 Å². The zero-order valence-corrected chi connectivity index (χ0v) is 16.1. The van der Waals surface area contributed by atoms with Crippen molar-refractivity contribution in [3.05, 3.63) is 60.9 Å². The van der Waals surface area contributed by atoms with Crippen molar-refractivity contribution in [2.75, 3.05) is 0 Å². The molecular weight excluding hydrogens is 381 g/mol. The van der Waals surface area contributed by atoms with E-state index in [1.807, 2.05) is 13.0 Å². The van der Waals surface area contributed by atoms with Gasteiger partial charge in [0.05, 0.1) is 32.7 Å². The number of carbonyl (C=O) groups is 1. The normalized spacial score (nSPS) is 12.4. The number of hydrogen-bond acceptors (Lipinski definition) is 4. The number of nitrogens with one attached hydrogen (secondary N) is 1. The molecule has 0 spiro atoms. The van der Waals surface area contributed by atoms with E-state index in [2.05, 4.69) is 10.3 Å². The summed E-state index contributed by atoms with van der Waals surface area (Å²) in [6.07, 6.45) is 1.46. The average molecular weight is 396 g/mol. The second-order valence-electron chi connectivity index (χ2n) is 5.77. The molecule has 0 aliphatic carbocycles. The minimum Gasteiger partial charge on any atom is -0.345 e. The molecule has 1 atom stereocenters. The third-order valence-corrected chi connectivity index (χ3v) is 5.95. The first-order valence-electron chi connectivity index (χ1n) is 7.50. The van der Waals surface area contributed by atoms with E-state index in [9.17, 15) is 9.59 Å². The predicted octanol–water partition coefficient (Wildman–Crippen LogP) is 4.10. The fourth-order valence-electron chi connectivity index (χ4n) is 2.55. The molecule has 0 bridgehead atoms. The average Bonchev–Trinajstić information content (AvgIpc) is 2.91. The van der Waals surface area contributed by atoms with Gasteiger partial charge < -0.3 is 9.88 Å². The van der Waals surface area contributed by atoms with Crippen molar-refractivity contribution in [1.82, 2.24) is 14.9 Å². The van der Waals surface area contributed by atoms with E-state index >= 15 is 0 Å². The first-order valence-corrected chi connectivity index (χ1v) is 9.07. The first kappa shape index (κ1) is 17.9. The molecule has 0 aliphatic rings. The summed E-state index contributed by atoms with van der Waals surface area (Å²) < 4.78 is 1.40. The fourth-order valence-corrected chi connectivity index (χ4v) is 3.90. The minimum atomic E-state index is -0.261. The standard InChI is InChI=1S/C17H15Cl2N3O2S/c1-8-13-16(20-7-22(3)17(13)24)25-14(8)15(23)21-9(2)10-4-5-11(18)12(19)6-10/h4-7,9H,1-3H3,(H,21,23). The molecule has 2 heterocycles. The van der Waals surface area contributed by atoms with Crippen molar-refractivity contribution in [1.29, 1.82) is 0 Å². The highest BCUT2D eigenvalue weighted by Gasteiger charge is 2.20. The lowest BCUT2D eigenvalue weighted by molar-refractivity contribution is 0.0943. The number of amides is 1. The van der Waals surface area contributed by atoms with Crippen molar-refractivity contribution in [3.8, 4) is 0 Å². The predicted molar refractivity (Wildman–Crippen MR) is 102 cm³/mol. The number of carbonyl (C=O) groups excluding carboxylic acids is 1. The molecule has 1 N–H and O–H groups in total. The summed E-state index contributed by atoms with van der Waals surface area (Å²) in [5.41, 5.74) is 1.33. The van der Waals surface area contributed by atoms with E-state index in [0.717, 1.165) is 5.56 Å². The summed E-state index contributed by atoms with van der Waals surface area (Å²) in [7, 11) is 1.64. The van der Waals surface area contributed by atoms with Gasteiger partial charge in [-0.05, 0) is 37.1 Å². The summed E-state index contributed by atoms with van der Waals surface area (Å²) in [6, 6.07) is 4.97. The fraction of sp³-hybridized carbons (Fsp3) is 0.235. The topological polar surface area (TPSA) is 64.0 Å². The van der Waals surface area contributed by atoms with Crippen LogP contribution in [0.5, 0.6) is 0 Å². The number of rotatable bonds is 3. The second-order valence-corrected chi connectivity index (χ2v) is 7.58. The highest BCUT2D eigenvalue weighted by molar-refractivity contribution is 7.20. The van der Waals surface area contributed by atoms with Crippen LogP contribution in [0.3, 0.4) is 0 Å². The van der Waals surface area contributed by atoms with E-state index < -0.39 is 0 Å². The van der Waals surface area contributed by atoms with Gasteiger partial charge in [0.1, 0.15) is 4.83 Å². The number of hydrogen-bond donors (Lipinski definition) is 1. The van der Waals surface area contributed by atoms with Gasteiger partial charge in [-0.1, -0.05) is 29.3 Å². The number of aromatic nitrogens is 2. The van der Waals surface area contributed by atoms with Crippen molar-refractivity contribution < 1.29 is 4.79 Å². The molecule has 0 aliphatic heterocycles. The van der Waals surface area contributed by atoms with Crippen LogP contribution in [0.25, 0.3) is 10.2 Å². The molecule has 8 heteroatoms. The van der Waals surface area contributed by atoms with Gasteiger partial charge in [-0.15, -0.1) is 11.3 Å². The van der Waals surface area contributed by atoms with Crippen LogP contribution in [0, 0.1) is 6.92 Å². The summed E-state index contributed by atoms with van der Waals surface area (Å²) in [4.78, 5) is 30.2. The molecule has 0 saturated carbocycles. The van der Waals surface area contributed by atoms with E-state index in [-0.39, 0.29) is 17.5 Å². The molecule has 3 aromatic rings. The molecule has 3 rings (SSSR count). The Bertz CT molecular complexity index is 1040. The third-order valence-electron chi connectivity index (χ3n) is 4.01. The third kappa shape index (κ3) is 3.29. The Morgan fingerprint density at radius 3 is 2.72 bits per heavy atom. The number of aryl methyl sites for hydroxylation is 2. The molecule has 2 aromatic heterocycles. The Balaban J connectivity index is 1.92. The van der Waals surface area contributed by atoms with E-state index in [1.165, 1.54) is 22.2 Å². The zero-order chi connectivity index (χ0) is 18.3. The SMILES string of the molecule is Cc1c(C(=O)NC(C)c2ccc(Cl)c(Cl)c2)sc2ncn(C)c(=O)c12. The molecule has 25 heavy (non-hydrogen) atoms. The largest absolute Gasteiger partial charge is 0.345 e. The Morgan fingerprint density at radius 1 is 1.32 bits per heavy atom. The van der Waals surface area contributed by atoms with Crippen molar-refractivity contribution in [2.24, 2.45) is 7.05 Å². The maximum absolute atomic E-state index is 12.7. The molecule has 130 valence electrons. The zero-order valence-electron chi connectivity index (χ0n) is 13.8. The van der Waals surface area contributed by atoms with E-state index in [4.69, 9.17) is 23.2 Å². The van der Waals surface area contributed by atoms with Gasteiger partial charge in [-0.25, -0.2) is 4.98 Å². The van der Waals surface area contributed by atoms with E-state index in [1.54, 1.807) is 26.1 Å². The van der Waals surface area contributed by atoms with Gasteiger partial charge in [0.25, 0.3) is 11.5 Å². The molecule has 0 fully saturated rings. The summed E-state index contributed by atoms with van der Waals surface area (Å²) >= 11 is 13.2. The van der Waals surface area contributed by atoms with Crippen LogP contribution in [0.2, 0.25) is 10.0 Å². The van der Waals surface area contributed by atoms with Crippen molar-refractivity contribution >= 4 is 50.7 Å². The first-order chi connectivity index (χ1) is 11.8. The Kier molecular flexibility index (Phi) is 4.86. The highest BCUT2D eigenvalue weighted by atomic mass is 35.5. The van der Waals surface area contributed by atoms with Crippen LogP contribution in [0.4, 0.5) is 0 Å². The van der Waals surface area contributed by atoms with Crippen LogP contribution in [-0.2, 0) is 7.05 Å². The highest BCUT2D eigenvalue weighted by Crippen LogP contribution is 2.28.